The lowest BCUT2D eigenvalue weighted by Gasteiger charge is -2.27. The summed E-state index contributed by atoms with van der Waals surface area (Å²) in [6.07, 6.45) is 3.47. The number of aromatic nitrogens is 2. The smallest absolute Gasteiger partial charge is 0.191 e. The van der Waals surface area contributed by atoms with Crippen molar-refractivity contribution in [1.29, 1.82) is 0 Å². The molecule has 1 aromatic heterocycles. The standard InChI is InChI=1S/C21H34N6O2/c1-7-22-20(24-15-21(2,28)17-12-25-27(5)14-17)23-13-19(26(3)4)16-9-8-10-18(11-16)29-6/h8-12,14,19,28H,7,13,15H2,1-6H3,(H2,22,23,24). The molecule has 1 heterocycles. The van der Waals surface area contributed by atoms with E-state index in [9.17, 15) is 5.11 Å². The number of likely N-dealkylation sites (N-methyl/N-ethyl adjacent to an activating group) is 1. The van der Waals surface area contributed by atoms with Crippen LogP contribution >= 0.6 is 0 Å². The summed E-state index contributed by atoms with van der Waals surface area (Å²) in [5, 5.41) is 21.5. The molecule has 1 aromatic carbocycles. The van der Waals surface area contributed by atoms with E-state index in [4.69, 9.17) is 4.74 Å². The van der Waals surface area contributed by atoms with Gasteiger partial charge in [-0.05, 0) is 45.6 Å². The molecule has 8 nitrogen and oxygen atoms in total. The normalized spacial score (nSPS) is 15.1. The Morgan fingerprint density at radius 2 is 2.14 bits per heavy atom. The SMILES string of the molecule is CCNC(=NCC(C)(O)c1cnn(C)c1)NCC(c1cccc(OC)c1)N(C)C. The number of rotatable bonds is 9. The molecule has 0 radical (unpaired) electrons. The van der Waals surface area contributed by atoms with E-state index in [0.717, 1.165) is 23.4 Å². The lowest BCUT2D eigenvalue weighted by atomic mass is 10.0. The largest absolute Gasteiger partial charge is 0.497 e. The first-order valence-electron chi connectivity index (χ1n) is 9.81. The number of guanidine groups is 1. The number of nitrogens with zero attached hydrogens (tertiary/aromatic N) is 4. The van der Waals surface area contributed by atoms with Gasteiger partial charge in [0.1, 0.15) is 11.4 Å². The fourth-order valence-electron chi connectivity index (χ4n) is 3.01. The highest BCUT2D eigenvalue weighted by atomic mass is 16.5. The first kappa shape index (κ1) is 22.7. The summed E-state index contributed by atoms with van der Waals surface area (Å²) in [4.78, 5) is 6.74. The molecule has 29 heavy (non-hydrogen) atoms. The van der Waals surface area contributed by atoms with Crippen LogP contribution in [0.4, 0.5) is 0 Å². The number of aliphatic hydroxyl groups is 1. The number of methoxy groups -OCH3 is 1. The zero-order valence-electron chi connectivity index (χ0n) is 18.3. The fourth-order valence-corrected chi connectivity index (χ4v) is 3.01. The van der Waals surface area contributed by atoms with Crippen molar-refractivity contribution >= 4 is 5.96 Å². The Morgan fingerprint density at radius 3 is 2.72 bits per heavy atom. The van der Waals surface area contributed by atoms with Crippen molar-refractivity contribution in [3.05, 3.63) is 47.8 Å². The highest BCUT2D eigenvalue weighted by Crippen LogP contribution is 2.22. The molecule has 0 spiro atoms. The van der Waals surface area contributed by atoms with Crippen LogP contribution in [0.15, 0.2) is 41.7 Å². The predicted molar refractivity (Wildman–Crippen MR) is 116 cm³/mol. The minimum atomic E-state index is -1.09. The van der Waals surface area contributed by atoms with Crippen LogP contribution in [0.1, 0.15) is 31.0 Å². The Balaban J connectivity index is 2.10. The van der Waals surface area contributed by atoms with Gasteiger partial charge >= 0.3 is 0 Å². The monoisotopic (exact) mass is 402 g/mol. The third-order valence-corrected chi connectivity index (χ3v) is 4.78. The Kier molecular flexibility index (Phi) is 8.04. The number of hydrogen-bond donors (Lipinski definition) is 3. The van der Waals surface area contributed by atoms with Gasteiger partial charge in [0.05, 0.1) is 25.9 Å². The Labute approximate surface area is 173 Å². The molecule has 0 bridgehead atoms. The highest BCUT2D eigenvalue weighted by molar-refractivity contribution is 5.79. The summed E-state index contributed by atoms with van der Waals surface area (Å²) in [6, 6.07) is 8.20. The first-order chi connectivity index (χ1) is 13.8. The topological polar surface area (TPSA) is 86.9 Å². The second-order valence-electron chi connectivity index (χ2n) is 7.51. The molecule has 0 amide bonds. The molecule has 0 aliphatic rings. The van der Waals surface area contributed by atoms with Gasteiger partial charge in [0, 0.05) is 31.9 Å². The number of aryl methyl sites for hydroxylation is 1. The maximum Gasteiger partial charge on any atom is 0.191 e. The molecule has 2 unspecified atom stereocenters. The molecule has 2 rings (SSSR count). The number of benzene rings is 1. The molecular weight excluding hydrogens is 368 g/mol. The van der Waals surface area contributed by atoms with E-state index in [1.807, 2.05) is 46.3 Å². The molecular formula is C21H34N6O2. The molecule has 3 N–H and O–H groups in total. The van der Waals surface area contributed by atoms with E-state index >= 15 is 0 Å². The minimum Gasteiger partial charge on any atom is -0.497 e. The lowest BCUT2D eigenvalue weighted by Crippen LogP contribution is -2.42. The molecule has 0 fully saturated rings. The lowest BCUT2D eigenvalue weighted by molar-refractivity contribution is 0.0671. The van der Waals surface area contributed by atoms with Crippen molar-refractivity contribution in [3.63, 3.8) is 0 Å². The summed E-state index contributed by atoms with van der Waals surface area (Å²) in [5.74, 6) is 1.49. The van der Waals surface area contributed by atoms with Crippen molar-refractivity contribution in [1.82, 2.24) is 25.3 Å². The van der Waals surface area contributed by atoms with Crippen molar-refractivity contribution in [2.24, 2.45) is 12.0 Å². The molecule has 160 valence electrons. The summed E-state index contributed by atoms with van der Waals surface area (Å²) in [7, 11) is 7.59. The van der Waals surface area contributed by atoms with Crippen LogP contribution in [0.5, 0.6) is 5.75 Å². The summed E-state index contributed by atoms with van der Waals surface area (Å²) in [5.41, 5.74) is 0.798. The molecule has 0 aliphatic carbocycles. The van der Waals surface area contributed by atoms with E-state index in [1.165, 1.54) is 0 Å². The summed E-state index contributed by atoms with van der Waals surface area (Å²) in [6.45, 7) is 5.37. The summed E-state index contributed by atoms with van der Waals surface area (Å²) >= 11 is 0. The third kappa shape index (κ3) is 6.47. The van der Waals surface area contributed by atoms with Crippen LogP contribution < -0.4 is 15.4 Å². The van der Waals surface area contributed by atoms with Crippen molar-refractivity contribution in [2.45, 2.75) is 25.5 Å². The van der Waals surface area contributed by atoms with E-state index < -0.39 is 5.60 Å². The summed E-state index contributed by atoms with van der Waals surface area (Å²) < 4.78 is 7.03. The van der Waals surface area contributed by atoms with Gasteiger partial charge in [0.15, 0.2) is 5.96 Å². The van der Waals surface area contributed by atoms with Gasteiger partial charge in [0.25, 0.3) is 0 Å². The molecule has 0 aliphatic heterocycles. The Morgan fingerprint density at radius 1 is 1.38 bits per heavy atom. The zero-order valence-corrected chi connectivity index (χ0v) is 18.3. The van der Waals surface area contributed by atoms with Crippen molar-refractivity contribution in [2.75, 3.05) is 40.8 Å². The maximum absolute atomic E-state index is 10.8. The molecule has 0 saturated carbocycles. The molecule has 2 aromatic rings. The van der Waals surface area contributed by atoms with Gasteiger partial charge in [-0.2, -0.15) is 5.10 Å². The van der Waals surface area contributed by atoms with Crippen molar-refractivity contribution < 1.29 is 9.84 Å². The first-order valence-corrected chi connectivity index (χ1v) is 9.81. The Hall–Kier alpha value is -2.58. The van der Waals surface area contributed by atoms with Crippen LogP contribution in [0.25, 0.3) is 0 Å². The van der Waals surface area contributed by atoms with Gasteiger partial charge in [-0.3, -0.25) is 4.68 Å². The number of aliphatic imine (C=N–C) groups is 1. The van der Waals surface area contributed by atoms with Gasteiger partial charge in [-0.25, -0.2) is 4.99 Å². The average molecular weight is 403 g/mol. The average Bonchev–Trinajstić information content (AvgIpc) is 3.13. The third-order valence-electron chi connectivity index (χ3n) is 4.78. The van der Waals surface area contributed by atoms with E-state index in [-0.39, 0.29) is 12.6 Å². The van der Waals surface area contributed by atoms with Crippen LogP contribution in [-0.2, 0) is 12.6 Å². The minimum absolute atomic E-state index is 0.132. The van der Waals surface area contributed by atoms with Gasteiger partial charge < -0.3 is 25.4 Å². The van der Waals surface area contributed by atoms with Crippen molar-refractivity contribution in [3.8, 4) is 5.75 Å². The van der Waals surface area contributed by atoms with Gasteiger partial charge in [0.2, 0.25) is 0 Å². The van der Waals surface area contributed by atoms with E-state index in [0.29, 0.717) is 12.5 Å². The molecule has 8 heteroatoms. The van der Waals surface area contributed by atoms with Gasteiger partial charge in [-0.15, -0.1) is 0 Å². The maximum atomic E-state index is 10.8. The van der Waals surface area contributed by atoms with Gasteiger partial charge in [-0.1, -0.05) is 12.1 Å². The number of ether oxygens (including phenoxy) is 1. The number of nitrogens with one attached hydrogen (secondary N) is 2. The molecule has 2 atom stereocenters. The van der Waals surface area contributed by atoms with E-state index in [2.05, 4.69) is 31.7 Å². The quantitative estimate of drug-likeness (QED) is 0.435. The van der Waals surface area contributed by atoms with Crippen LogP contribution in [0, 0.1) is 0 Å². The fraction of sp³-hybridized carbons (Fsp3) is 0.524. The second kappa shape index (κ2) is 10.3. The van der Waals surface area contributed by atoms with Crippen LogP contribution in [0.2, 0.25) is 0 Å². The predicted octanol–water partition coefficient (Wildman–Crippen LogP) is 1.49. The zero-order chi connectivity index (χ0) is 21.4. The Bertz CT molecular complexity index is 800. The number of hydrogen-bond acceptors (Lipinski definition) is 5. The van der Waals surface area contributed by atoms with Crippen LogP contribution in [-0.4, -0.2) is 66.6 Å². The second-order valence-corrected chi connectivity index (χ2v) is 7.51. The highest BCUT2D eigenvalue weighted by Gasteiger charge is 2.25. The molecule has 0 saturated heterocycles. The van der Waals surface area contributed by atoms with E-state index in [1.54, 1.807) is 31.1 Å². The van der Waals surface area contributed by atoms with Crippen LogP contribution in [0.3, 0.4) is 0 Å².